The second-order valence-corrected chi connectivity index (χ2v) is 10.5. The first-order valence-corrected chi connectivity index (χ1v) is 14.3. The summed E-state index contributed by atoms with van der Waals surface area (Å²) in [6.07, 6.45) is 4.48. The van der Waals surface area contributed by atoms with Crippen molar-refractivity contribution in [2.24, 2.45) is 0 Å². The Morgan fingerprint density at radius 3 is 2.18 bits per heavy atom. The van der Waals surface area contributed by atoms with Crippen LogP contribution in [0, 0.1) is 0 Å². The van der Waals surface area contributed by atoms with Gasteiger partial charge >= 0.3 is 5.97 Å². The summed E-state index contributed by atoms with van der Waals surface area (Å²) < 4.78 is 23.9. The Balaban J connectivity index is 1.21. The van der Waals surface area contributed by atoms with Crippen molar-refractivity contribution in [1.29, 1.82) is 0 Å². The maximum absolute atomic E-state index is 13.1. The Hall–Kier alpha value is -2.90. The van der Waals surface area contributed by atoms with E-state index in [-0.39, 0.29) is 5.97 Å². The number of fused-ring (bicyclic) bond motifs is 6. The molecule has 6 nitrogen and oxygen atoms in total. The first-order chi connectivity index (χ1) is 19.1. The van der Waals surface area contributed by atoms with Crippen LogP contribution in [0.2, 0.25) is 0 Å². The molecule has 1 spiro atoms. The van der Waals surface area contributed by atoms with Crippen LogP contribution >= 0.6 is 11.6 Å². The van der Waals surface area contributed by atoms with Crippen molar-refractivity contribution < 1.29 is 23.7 Å². The van der Waals surface area contributed by atoms with Gasteiger partial charge in [0.15, 0.2) is 5.60 Å². The SMILES string of the molecule is CN(CCOCCOCCCCCCCl)Cc1ccc2c(c1)C1(OC2=O)c2ccccc2Oc2ccccc21. The molecule has 0 saturated heterocycles. The van der Waals surface area contributed by atoms with Crippen LogP contribution in [0.5, 0.6) is 11.5 Å². The second-order valence-electron chi connectivity index (χ2n) is 10.1. The minimum absolute atomic E-state index is 0.317. The topological polar surface area (TPSA) is 57.2 Å². The van der Waals surface area contributed by atoms with E-state index in [1.807, 2.05) is 60.7 Å². The lowest BCUT2D eigenvalue weighted by molar-refractivity contribution is 0.0224. The van der Waals surface area contributed by atoms with E-state index in [9.17, 15) is 4.79 Å². The van der Waals surface area contributed by atoms with Gasteiger partial charge in [-0.1, -0.05) is 55.3 Å². The highest BCUT2D eigenvalue weighted by atomic mass is 35.5. The first kappa shape index (κ1) is 27.7. The molecule has 2 aliphatic heterocycles. The van der Waals surface area contributed by atoms with Crippen molar-refractivity contribution in [2.45, 2.75) is 37.8 Å². The lowest BCUT2D eigenvalue weighted by atomic mass is 9.77. The Kier molecular flexibility index (Phi) is 9.20. The Morgan fingerprint density at radius 1 is 0.795 bits per heavy atom. The van der Waals surface area contributed by atoms with Crippen molar-refractivity contribution in [3.05, 3.63) is 94.5 Å². The third-order valence-corrected chi connectivity index (χ3v) is 7.56. The van der Waals surface area contributed by atoms with Crippen LogP contribution in [0.3, 0.4) is 0 Å². The molecule has 39 heavy (non-hydrogen) atoms. The van der Waals surface area contributed by atoms with Gasteiger partial charge in [0.05, 0.1) is 25.4 Å². The molecule has 2 heterocycles. The van der Waals surface area contributed by atoms with Crippen molar-refractivity contribution in [3.8, 4) is 11.5 Å². The Morgan fingerprint density at radius 2 is 1.46 bits per heavy atom. The van der Waals surface area contributed by atoms with Crippen molar-refractivity contribution in [2.75, 3.05) is 45.9 Å². The van der Waals surface area contributed by atoms with Gasteiger partial charge in [-0.05, 0) is 49.7 Å². The van der Waals surface area contributed by atoms with E-state index in [2.05, 4.69) is 18.0 Å². The molecule has 0 unspecified atom stereocenters. The molecule has 0 fully saturated rings. The number of alkyl halides is 1. The summed E-state index contributed by atoms with van der Waals surface area (Å²) >= 11 is 5.70. The lowest BCUT2D eigenvalue weighted by Gasteiger charge is -2.36. The molecule has 0 aromatic heterocycles. The minimum Gasteiger partial charge on any atom is -0.456 e. The fourth-order valence-corrected chi connectivity index (χ4v) is 5.54. The zero-order chi connectivity index (χ0) is 27.1. The van der Waals surface area contributed by atoms with Crippen LogP contribution in [0.25, 0.3) is 0 Å². The summed E-state index contributed by atoms with van der Waals surface area (Å²) in [4.78, 5) is 15.3. The fraction of sp³-hybridized carbons (Fsp3) is 0.406. The van der Waals surface area contributed by atoms with Crippen LogP contribution < -0.4 is 4.74 Å². The van der Waals surface area contributed by atoms with Gasteiger partial charge in [0.2, 0.25) is 0 Å². The number of carbonyl (C=O) groups excluding carboxylic acids is 1. The van der Waals surface area contributed by atoms with Gasteiger partial charge in [-0.25, -0.2) is 4.79 Å². The van der Waals surface area contributed by atoms with Gasteiger partial charge in [-0.3, -0.25) is 4.90 Å². The number of hydrogen-bond acceptors (Lipinski definition) is 6. The van der Waals surface area contributed by atoms with E-state index >= 15 is 0 Å². The summed E-state index contributed by atoms with van der Waals surface area (Å²) in [6, 6.07) is 21.6. The highest BCUT2D eigenvalue weighted by molar-refractivity contribution is 6.17. The van der Waals surface area contributed by atoms with Gasteiger partial charge in [0.1, 0.15) is 11.5 Å². The van der Waals surface area contributed by atoms with Crippen LogP contribution in [0.4, 0.5) is 0 Å². The van der Waals surface area contributed by atoms with E-state index in [0.717, 1.165) is 67.1 Å². The van der Waals surface area contributed by atoms with Crippen LogP contribution in [-0.2, 0) is 26.4 Å². The first-order valence-electron chi connectivity index (χ1n) is 13.8. The van der Waals surface area contributed by atoms with Gasteiger partial charge in [0, 0.05) is 42.3 Å². The average Bonchev–Trinajstić information content (AvgIpc) is 3.24. The van der Waals surface area contributed by atoms with Crippen molar-refractivity contribution in [3.63, 3.8) is 0 Å². The predicted octanol–water partition coefficient (Wildman–Crippen LogP) is 6.52. The minimum atomic E-state index is -1.03. The van der Waals surface area contributed by atoms with Gasteiger partial charge < -0.3 is 18.9 Å². The molecule has 0 N–H and O–H groups in total. The predicted molar refractivity (Wildman–Crippen MR) is 152 cm³/mol. The molecule has 0 bridgehead atoms. The number of nitrogens with zero attached hydrogens (tertiary/aromatic N) is 1. The van der Waals surface area contributed by atoms with Crippen LogP contribution in [0.1, 0.15) is 58.3 Å². The number of likely N-dealkylation sites (N-methyl/N-ethyl adjacent to an activating group) is 1. The van der Waals surface area contributed by atoms with Crippen molar-refractivity contribution >= 4 is 17.6 Å². The maximum atomic E-state index is 13.1. The lowest BCUT2D eigenvalue weighted by Crippen LogP contribution is -2.33. The van der Waals surface area contributed by atoms with E-state index in [0.29, 0.717) is 36.9 Å². The second kappa shape index (κ2) is 13.0. The van der Waals surface area contributed by atoms with E-state index in [4.69, 9.17) is 30.5 Å². The van der Waals surface area contributed by atoms with Crippen molar-refractivity contribution in [1.82, 2.24) is 4.90 Å². The fourth-order valence-electron chi connectivity index (χ4n) is 5.35. The monoisotopic (exact) mass is 549 g/mol. The number of esters is 1. The number of halogens is 1. The molecule has 0 saturated carbocycles. The maximum Gasteiger partial charge on any atom is 0.340 e. The summed E-state index contributed by atoms with van der Waals surface area (Å²) in [5, 5.41) is 0. The third-order valence-electron chi connectivity index (χ3n) is 7.30. The quantitative estimate of drug-likeness (QED) is 0.130. The third kappa shape index (κ3) is 5.99. The molecular formula is C32H36ClNO5. The molecule has 3 aromatic rings. The molecule has 0 amide bonds. The largest absolute Gasteiger partial charge is 0.456 e. The number of hydrogen-bond donors (Lipinski definition) is 0. The molecule has 5 rings (SSSR count). The van der Waals surface area contributed by atoms with E-state index in [1.165, 1.54) is 6.42 Å². The number of para-hydroxylation sites is 2. The zero-order valence-electron chi connectivity index (χ0n) is 22.5. The summed E-state index contributed by atoms with van der Waals surface area (Å²) in [5.41, 5.74) is 3.21. The Labute approximate surface area is 235 Å². The molecular weight excluding hydrogens is 514 g/mol. The number of unbranched alkanes of at least 4 members (excludes halogenated alkanes) is 3. The van der Waals surface area contributed by atoms with Gasteiger partial charge in [-0.15, -0.1) is 11.6 Å². The average molecular weight is 550 g/mol. The summed E-state index contributed by atoms with van der Waals surface area (Å²) in [7, 11) is 2.07. The standard InChI is InChI=1S/C32H36ClNO5/c1-34(17-19-37-21-20-36-18-9-3-2-8-16-33)23-24-14-15-25-28(22-24)32(39-31(25)35)26-10-4-6-12-29(26)38-30-13-7-5-11-27(30)32/h4-7,10-15,22H,2-3,8-9,16-21,23H2,1H3. The molecule has 7 heteroatoms. The zero-order valence-corrected chi connectivity index (χ0v) is 23.3. The summed E-state index contributed by atoms with van der Waals surface area (Å²) in [5.74, 6) is 1.82. The molecule has 3 aromatic carbocycles. The normalized spacial score (nSPS) is 14.6. The molecule has 0 atom stereocenters. The van der Waals surface area contributed by atoms with Crippen LogP contribution in [0.15, 0.2) is 66.7 Å². The molecule has 0 aliphatic carbocycles. The van der Waals surface area contributed by atoms with E-state index in [1.54, 1.807) is 0 Å². The van der Waals surface area contributed by atoms with Crippen LogP contribution in [-0.4, -0.2) is 56.8 Å². The Bertz CT molecular complexity index is 1230. The number of rotatable bonds is 14. The highest BCUT2D eigenvalue weighted by Crippen LogP contribution is 2.55. The molecule has 2 aliphatic rings. The van der Waals surface area contributed by atoms with E-state index < -0.39 is 5.60 Å². The number of ether oxygens (including phenoxy) is 4. The summed E-state index contributed by atoms with van der Waals surface area (Å²) in [6.45, 7) is 4.13. The number of benzene rings is 3. The number of carbonyl (C=O) groups is 1. The van der Waals surface area contributed by atoms with Gasteiger partial charge in [-0.2, -0.15) is 0 Å². The highest BCUT2D eigenvalue weighted by Gasteiger charge is 2.53. The molecule has 206 valence electrons. The smallest absolute Gasteiger partial charge is 0.340 e. The van der Waals surface area contributed by atoms with Gasteiger partial charge in [0.25, 0.3) is 0 Å². The molecule has 0 radical (unpaired) electrons.